The number of carboxylic acids is 1. The van der Waals surface area contributed by atoms with E-state index >= 15 is 0 Å². The summed E-state index contributed by atoms with van der Waals surface area (Å²) in [5.41, 5.74) is 3.22. The lowest BCUT2D eigenvalue weighted by Gasteiger charge is -2.42. The molecule has 0 spiro atoms. The quantitative estimate of drug-likeness (QED) is 0.286. The first-order chi connectivity index (χ1) is 20.4. The molecule has 5 heterocycles. The van der Waals surface area contributed by atoms with Gasteiger partial charge in [0.05, 0.1) is 41.5 Å². The Hall–Kier alpha value is -3.73. The van der Waals surface area contributed by atoms with E-state index in [-0.39, 0.29) is 18.3 Å². The Labute approximate surface area is 247 Å². The molecular formula is C31H31ClFN5O4. The maximum Gasteiger partial charge on any atom is 0.335 e. The summed E-state index contributed by atoms with van der Waals surface area (Å²) < 4.78 is 28.3. The van der Waals surface area contributed by atoms with E-state index in [0.29, 0.717) is 41.6 Å². The molecule has 0 saturated carbocycles. The van der Waals surface area contributed by atoms with Crippen molar-refractivity contribution in [1.29, 1.82) is 0 Å². The second-order valence-electron chi connectivity index (χ2n) is 11.2. The summed E-state index contributed by atoms with van der Waals surface area (Å²) in [5.74, 6) is 0.0676. The molecule has 11 heteroatoms. The summed E-state index contributed by atoms with van der Waals surface area (Å²) >= 11 is 5.90. The third kappa shape index (κ3) is 5.19. The standard InChI is InChI=1S/C31H31ClFN5O4/c32-21-5-3-20(25(33)13-21)18-42-30-27(2-1-10-34-30)36-14-22-6-7-23(15-36)37(22)17-29-35-26-8-4-19(31(39)40)12-28(26)38(29)16-24-9-11-41-24/h1-5,8,10,12-13,22-24H,6-7,9,11,14-18H2,(H,39,40)/t22?,23?,24-/m0/s1. The number of aromatic nitrogens is 3. The highest BCUT2D eigenvalue weighted by Crippen LogP contribution is 2.37. The molecule has 3 fully saturated rings. The number of anilines is 1. The van der Waals surface area contributed by atoms with Gasteiger partial charge >= 0.3 is 5.97 Å². The van der Waals surface area contributed by atoms with Gasteiger partial charge < -0.3 is 24.0 Å². The van der Waals surface area contributed by atoms with Crippen molar-refractivity contribution >= 4 is 34.3 Å². The highest BCUT2D eigenvalue weighted by atomic mass is 35.5. The first-order valence-corrected chi connectivity index (χ1v) is 14.7. The van der Waals surface area contributed by atoms with Gasteiger partial charge in [-0.05, 0) is 61.7 Å². The Kier molecular flexibility index (Phi) is 7.21. The molecule has 2 aromatic carbocycles. The second kappa shape index (κ2) is 11.2. The number of nitrogens with zero attached hydrogens (tertiary/aromatic N) is 5. The molecule has 0 aliphatic carbocycles. The van der Waals surface area contributed by atoms with Crippen molar-refractivity contribution < 1.29 is 23.8 Å². The summed E-state index contributed by atoms with van der Waals surface area (Å²) in [5, 5.41) is 9.92. The number of imidazole rings is 1. The number of aromatic carboxylic acids is 1. The van der Waals surface area contributed by atoms with Gasteiger partial charge in [0.25, 0.3) is 0 Å². The van der Waals surface area contributed by atoms with Crippen molar-refractivity contribution in [3.05, 3.63) is 82.5 Å². The van der Waals surface area contributed by atoms with Crippen LogP contribution in [0.2, 0.25) is 5.02 Å². The molecule has 1 N–H and O–H groups in total. The first kappa shape index (κ1) is 27.1. The number of halogens is 2. The zero-order valence-electron chi connectivity index (χ0n) is 23.0. The van der Waals surface area contributed by atoms with E-state index in [1.165, 1.54) is 6.07 Å². The Bertz CT molecular complexity index is 1630. The van der Waals surface area contributed by atoms with Gasteiger partial charge in [0.15, 0.2) is 0 Å². The summed E-state index contributed by atoms with van der Waals surface area (Å²) in [7, 11) is 0. The van der Waals surface area contributed by atoms with Crippen molar-refractivity contribution in [1.82, 2.24) is 19.4 Å². The Balaban J connectivity index is 1.10. The third-order valence-electron chi connectivity index (χ3n) is 8.68. The second-order valence-corrected chi connectivity index (χ2v) is 11.7. The van der Waals surface area contributed by atoms with Crippen LogP contribution in [-0.2, 0) is 24.4 Å². The Morgan fingerprint density at radius 3 is 2.64 bits per heavy atom. The fraction of sp³-hybridized carbons (Fsp3) is 0.387. The number of hydrogen-bond donors (Lipinski definition) is 1. The third-order valence-corrected chi connectivity index (χ3v) is 8.92. The van der Waals surface area contributed by atoms with Crippen LogP contribution < -0.4 is 9.64 Å². The molecule has 0 amide bonds. The molecular weight excluding hydrogens is 561 g/mol. The molecule has 3 aliphatic rings. The number of rotatable bonds is 9. The van der Waals surface area contributed by atoms with Crippen LogP contribution >= 0.6 is 11.6 Å². The number of carboxylic acid groups (broad SMARTS) is 1. The molecule has 218 valence electrons. The zero-order chi connectivity index (χ0) is 28.8. The number of pyridine rings is 1. The van der Waals surface area contributed by atoms with Crippen LogP contribution in [0, 0.1) is 5.82 Å². The topological polar surface area (TPSA) is 93.0 Å². The average molecular weight is 592 g/mol. The molecule has 4 aromatic rings. The van der Waals surface area contributed by atoms with Crippen molar-refractivity contribution in [2.24, 2.45) is 0 Å². The molecule has 3 aliphatic heterocycles. The molecule has 42 heavy (non-hydrogen) atoms. The van der Waals surface area contributed by atoms with Crippen molar-refractivity contribution in [3.8, 4) is 5.88 Å². The minimum absolute atomic E-state index is 0.0599. The van der Waals surface area contributed by atoms with Crippen LogP contribution in [0.25, 0.3) is 11.0 Å². The minimum Gasteiger partial charge on any atom is -0.478 e. The fourth-order valence-corrected chi connectivity index (χ4v) is 6.55. The van der Waals surface area contributed by atoms with Crippen LogP contribution in [0.4, 0.5) is 10.1 Å². The van der Waals surface area contributed by atoms with E-state index in [4.69, 9.17) is 26.1 Å². The molecule has 3 atom stereocenters. The van der Waals surface area contributed by atoms with E-state index in [2.05, 4.69) is 19.4 Å². The largest absolute Gasteiger partial charge is 0.478 e. The van der Waals surface area contributed by atoms with E-state index < -0.39 is 11.8 Å². The lowest BCUT2D eigenvalue weighted by atomic mass is 10.1. The highest BCUT2D eigenvalue weighted by molar-refractivity contribution is 6.30. The lowest BCUT2D eigenvalue weighted by Crippen LogP contribution is -2.53. The summed E-state index contributed by atoms with van der Waals surface area (Å²) in [6.07, 6.45) is 4.94. The molecule has 2 unspecified atom stereocenters. The fourth-order valence-electron chi connectivity index (χ4n) is 6.39. The van der Waals surface area contributed by atoms with Gasteiger partial charge in [0.1, 0.15) is 18.2 Å². The Morgan fingerprint density at radius 2 is 1.93 bits per heavy atom. The van der Waals surface area contributed by atoms with Gasteiger partial charge in [-0.25, -0.2) is 19.2 Å². The number of benzene rings is 2. The van der Waals surface area contributed by atoms with Gasteiger partial charge in [0.2, 0.25) is 5.88 Å². The minimum atomic E-state index is -0.947. The number of carbonyl (C=O) groups is 1. The molecule has 2 bridgehead atoms. The predicted octanol–water partition coefficient (Wildman–Crippen LogP) is 5.14. The van der Waals surface area contributed by atoms with Crippen LogP contribution in [0.1, 0.15) is 41.0 Å². The highest BCUT2D eigenvalue weighted by Gasteiger charge is 2.41. The Morgan fingerprint density at radius 1 is 1.12 bits per heavy atom. The zero-order valence-corrected chi connectivity index (χ0v) is 23.7. The first-order valence-electron chi connectivity index (χ1n) is 14.3. The van der Waals surface area contributed by atoms with Gasteiger partial charge in [0, 0.05) is 48.6 Å². The molecule has 2 aromatic heterocycles. The summed E-state index contributed by atoms with van der Waals surface area (Å²) in [6.45, 7) is 3.78. The van der Waals surface area contributed by atoms with Gasteiger partial charge in [-0.15, -0.1) is 0 Å². The maximum absolute atomic E-state index is 14.3. The molecule has 3 saturated heterocycles. The van der Waals surface area contributed by atoms with Crippen molar-refractivity contribution in [2.75, 3.05) is 24.6 Å². The van der Waals surface area contributed by atoms with Crippen LogP contribution in [0.15, 0.2) is 54.7 Å². The summed E-state index contributed by atoms with van der Waals surface area (Å²) in [6, 6.07) is 14.2. The number of ether oxygens (including phenoxy) is 2. The summed E-state index contributed by atoms with van der Waals surface area (Å²) in [4.78, 5) is 26.0. The van der Waals surface area contributed by atoms with Crippen molar-refractivity contribution in [2.45, 2.75) is 57.1 Å². The molecule has 9 nitrogen and oxygen atoms in total. The normalized spacial score (nSPS) is 22.0. The van der Waals surface area contributed by atoms with E-state index in [1.807, 2.05) is 12.1 Å². The monoisotopic (exact) mass is 591 g/mol. The predicted molar refractivity (Wildman–Crippen MR) is 156 cm³/mol. The molecule has 0 radical (unpaired) electrons. The molecule has 7 rings (SSSR count). The van der Waals surface area contributed by atoms with Gasteiger partial charge in [-0.3, -0.25) is 4.90 Å². The van der Waals surface area contributed by atoms with Crippen LogP contribution in [0.3, 0.4) is 0 Å². The lowest BCUT2D eigenvalue weighted by molar-refractivity contribution is -0.0592. The maximum atomic E-state index is 14.3. The van der Waals surface area contributed by atoms with Gasteiger partial charge in [-0.2, -0.15) is 0 Å². The average Bonchev–Trinajstić information content (AvgIpc) is 3.40. The van der Waals surface area contributed by atoms with Crippen LogP contribution in [0.5, 0.6) is 5.88 Å². The van der Waals surface area contributed by atoms with E-state index in [9.17, 15) is 14.3 Å². The SMILES string of the molecule is O=C(O)c1ccc2nc(CN3C4CCC3CN(c3cccnc3OCc3ccc(Cl)cc3F)C4)n(C[C@@H]3CCO3)c2c1. The number of piperazine rings is 1. The van der Waals surface area contributed by atoms with E-state index in [0.717, 1.165) is 61.5 Å². The smallest absolute Gasteiger partial charge is 0.335 e. The number of fused-ring (bicyclic) bond motifs is 3. The van der Waals surface area contributed by atoms with Crippen LogP contribution in [-0.4, -0.2) is 68.4 Å². The number of hydrogen-bond acceptors (Lipinski definition) is 7. The van der Waals surface area contributed by atoms with Crippen molar-refractivity contribution in [3.63, 3.8) is 0 Å². The van der Waals surface area contributed by atoms with E-state index in [1.54, 1.807) is 36.5 Å². The van der Waals surface area contributed by atoms with Gasteiger partial charge in [-0.1, -0.05) is 17.7 Å².